The lowest BCUT2D eigenvalue weighted by atomic mass is 10.0. The SMILES string of the molecule is COc1ccc(NC(=O)[C@]2(C)Oc3cccnc3NC2=O)cc1. The largest absolute Gasteiger partial charge is 0.497 e. The number of ether oxygens (including phenoxy) is 2. The third-order valence-corrected chi connectivity index (χ3v) is 3.53. The normalized spacial score (nSPS) is 19.1. The lowest BCUT2D eigenvalue weighted by Gasteiger charge is -2.32. The van der Waals surface area contributed by atoms with Crippen LogP contribution in [0.25, 0.3) is 0 Å². The van der Waals surface area contributed by atoms with E-state index in [1.165, 1.54) is 13.1 Å². The first-order valence-electron chi connectivity index (χ1n) is 6.94. The van der Waals surface area contributed by atoms with Gasteiger partial charge in [0.2, 0.25) is 0 Å². The maximum atomic E-state index is 12.5. The molecule has 0 saturated carbocycles. The van der Waals surface area contributed by atoms with E-state index >= 15 is 0 Å². The fraction of sp³-hybridized carbons (Fsp3) is 0.188. The summed E-state index contributed by atoms with van der Waals surface area (Å²) in [7, 11) is 1.56. The summed E-state index contributed by atoms with van der Waals surface area (Å²) in [5.74, 6) is 0.164. The Morgan fingerprint density at radius 2 is 2.04 bits per heavy atom. The Morgan fingerprint density at radius 1 is 1.30 bits per heavy atom. The number of benzene rings is 1. The Morgan fingerprint density at radius 3 is 2.74 bits per heavy atom. The Kier molecular flexibility index (Phi) is 3.61. The molecule has 2 aromatic rings. The topological polar surface area (TPSA) is 89.6 Å². The van der Waals surface area contributed by atoms with Gasteiger partial charge in [-0.15, -0.1) is 0 Å². The van der Waals surface area contributed by atoms with Crippen LogP contribution in [0.15, 0.2) is 42.6 Å². The van der Waals surface area contributed by atoms with E-state index in [2.05, 4.69) is 15.6 Å². The summed E-state index contributed by atoms with van der Waals surface area (Å²) in [6.07, 6.45) is 1.53. The van der Waals surface area contributed by atoms with Crippen LogP contribution in [0.2, 0.25) is 0 Å². The summed E-state index contributed by atoms with van der Waals surface area (Å²) in [5.41, 5.74) is -1.15. The van der Waals surface area contributed by atoms with Gasteiger partial charge in [-0.05, 0) is 43.3 Å². The molecular weight excluding hydrogens is 298 g/mol. The van der Waals surface area contributed by atoms with Gasteiger partial charge >= 0.3 is 0 Å². The van der Waals surface area contributed by atoms with Crippen molar-refractivity contribution in [2.45, 2.75) is 12.5 Å². The van der Waals surface area contributed by atoms with E-state index in [1.54, 1.807) is 43.5 Å². The van der Waals surface area contributed by atoms with Gasteiger partial charge in [0.1, 0.15) is 5.75 Å². The van der Waals surface area contributed by atoms with Crippen LogP contribution in [0.1, 0.15) is 6.92 Å². The van der Waals surface area contributed by atoms with Crippen LogP contribution in [-0.2, 0) is 9.59 Å². The zero-order valence-corrected chi connectivity index (χ0v) is 12.6. The number of nitrogens with one attached hydrogen (secondary N) is 2. The first-order valence-corrected chi connectivity index (χ1v) is 6.94. The van der Waals surface area contributed by atoms with Crippen molar-refractivity contribution >= 4 is 23.3 Å². The Balaban J connectivity index is 1.81. The third kappa shape index (κ3) is 2.68. The smallest absolute Gasteiger partial charge is 0.279 e. The molecule has 2 N–H and O–H groups in total. The van der Waals surface area contributed by atoms with E-state index in [4.69, 9.17) is 9.47 Å². The van der Waals surface area contributed by atoms with Crippen molar-refractivity contribution in [3.05, 3.63) is 42.6 Å². The minimum Gasteiger partial charge on any atom is -0.497 e. The molecule has 1 aromatic carbocycles. The number of methoxy groups -OCH3 is 1. The maximum absolute atomic E-state index is 12.5. The van der Waals surface area contributed by atoms with E-state index < -0.39 is 17.4 Å². The molecule has 2 heterocycles. The quantitative estimate of drug-likeness (QED) is 0.844. The highest BCUT2D eigenvalue weighted by atomic mass is 16.5. The van der Waals surface area contributed by atoms with Gasteiger partial charge in [0.15, 0.2) is 11.6 Å². The van der Waals surface area contributed by atoms with Crippen LogP contribution in [0, 0.1) is 0 Å². The van der Waals surface area contributed by atoms with Gasteiger partial charge in [-0.3, -0.25) is 9.59 Å². The number of aromatic nitrogens is 1. The minimum absolute atomic E-state index is 0.298. The average molecular weight is 313 g/mol. The van der Waals surface area contributed by atoms with Gasteiger partial charge in [-0.25, -0.2) is 4.98 Å². The fourth-order valence-corrected chi connectivity index (χ4v) is 2.13. The predicted octanol–water partition coefficient (Wildman–Crippen LogP) is 1.82. The zero-order chi connectivity index (χ0) is 16.4. The molecule has 0 saturated heterocycles. The van der Waals surface area contributed by atoms with Crippen LogP contribution in [-0.4, -0.2) is 29.5 Å². The molecule has 1 atom stereocenters. The maximum Gasteiger partial charge on any atom is 0.279 e. The van der Waals surface area contributed by atoms with E-state index in [0.717, 1.165) is 0 Å². The molecule has 118 valence electrons. The standard InChI is InChI=1S/C16H15N3O4/c1-16(14(20)18-10-5-7-11(22-2)8-6-10)15(21)19-13-12(23-16)4-3-9-17-13/h3-9H,1-2H3,(H,18,20)(H,17,19,21)/t16-/m0/s1. The van der Waals surface area contributed by atoms with Crippen molar-refractivity contribution in [1.82, 2.24) is 4.98 Å². The molecule has 0 spiro atoms. The van der Waals surface area contributed by atoms with Crippen LogP contribution < -0.4 is 20.1 Å². The Bertz CT molecular complexity index is 760. The lowest BCUT2D eigenvalue weighted by molar-refractivity contribution is -0.143. The van der Waals surface area contributed by atoms with Crippen LogP contribution >= 0.6 is 0 Å². The third-order valence-electron chi connectivity index (χ3n) is 3.53. The molecule has 7 heteroatoms. The van der Waals surface area contributed by atoms with Gasteiger partial charge < -0.3 is 20.1 Å². The number of hydrogen-bond acceptors (Lipinski definition) is 5. The number of amides is 2. The number of nitrogens with zero attached hydrogens (tertiary/aromatic N) is 1. The first-order chi connectivity index (χ1) is 11.0. The van der Waals surface area contributed by atoms with E-state index in [9.17, 15) is 9.59 Å². The molecule has 0 aliphatic carbocycles. The zero-order valence-electron chi connectivity index (χ0n) is 12.6. The number of rotatable bonds is 3. The van der Waals surface area contributed by atoms with Gasteiger partial charge in [0.05, 0.1) is 7.11 Å². The van der Waals surface area contributed by atoms with Crippen LogP contribution in [0.3, 0.4) is 0 Å². The summed E-state index contributed by atoms with van der Waals surface area (Å²) in [6, 6.07) is 10.1. The number of anilines is 2. The average Bonchev–Trinajstić information content (AvgIpc) is 2.56. The number of carbonyl (C=O) groups is 2. The van der Waals surface area contributed by atoms with Crippen molar-refractivity contribution in [3.8, 4) is 11.5 Å². The fourth-order valence-electron chi connectivity index (χ4n) is 2.13. The highest BCUT2D eigenvalue weighted by molar-refractivity contribution is 6.18. The van der Waals surface area contributed by atoms with Crippen LogP contribution in [0.4, 0.5) is 11.5 Å². The van der Waals surface area contributed by atoms with E-state index in [1.807, 2.05) is 0 Å². The van der Waals surface area contributed by atoms with Gasteiger partial charge in [0, 0.05) is 11.9 Å². The van der Waals surface area contributed by atoms with E-state index in [0.29, 0.717) is 23.0 Å². The highest BCUT2D eigenvalue weighted by Gasteiger charge is 2.47. The van der Waals surface area contributed by atoms with Crippen molar-refractivity contribution in [3.63, 3.8) is 0 Å². The molecule has 1 aromatic heterocycles. The highest BCUT2D eigenvalue weighted by Crippen LogP contribution is 2.32. The number of hydrogen-bond donors (Lipinski definition) is 2. The lowest BCUT2D eigenvalue weighted by Crippen LogP contribution is -2.56. The Hall–Kier alpha value is -3.09. The summed E-state index contributed by atoms with van der Waals surface area (Å²) < 4.78 is 10.7. The van der Waals surface area contributed by atoms with Crippen molar-refractivity contribution < 1.29 is 19.1 Å². The monoisotopic (exact) mass is 313 g/mol. The second kappa shape index (κ2) is 5.60. The number of carbonyl (C=O) groups excluding carboxylic acids is 2. The summed E-state index contributed by atoms with van der Waals surface area (Å²) in [5, 5.41) is 5.24. The molecule has 0 radical (unpaired) electrons. The second-order valence-corrected chi connectivity index (χ2v) is 5.12. The van der Waals surface area contributed by atoms with E-state index in [-0.39, 0.29) is 0 Å². The summed E-state index contributed by atoms with van der Waals surface area (Å²) in [4.78, 5) is 28.8. The first kappa shape index (κ1) is 14.8. The molecule has 0 unspecified atom stereocenters. The summed E-state index contributed by atoms with van der Waals surface area (Å²) >= 11 is 0. The van der Waals surface area contributed by atoms with Crippen molar-refractivity contribution in [1.29, 1.82) is 0 Å². The Labute approximate surface area is 132 Å². The van der Waals surface area contributed by atoms with Gasteiger partial charge in [-0.2, -0.15) is 0 Å². The van der Waals surface area contributed by atoms with Crippen molar-refractivity contribution in [2.75, 3.05) is 17.7 Å². The molecule has 7 nitrogen and oxygen atoms in total. The van der Waals surface area contributed by atoms with Crippen molar-refractivity contribution in [2.24, 2.45) is 0 Å². The molecule has 2 amide bonds. The predicted molar refractivity (Wildman–Crippen MR) is 83.5 cm³/mol. The second-order valence-electron chi connectivity index (χ2n) is 5.12. The molecule has 3 rings (SSSR count). The summed E-state index contributed by atoms with van der Waals surface area (Å²) in [6.45, 7) is 1.41. The van der Waals surface area contributed by atoms with Crippen LogP contribution in [0.5, 0.6) is 11.5 Å². The minimum atomic E-state index is -1.68. The molecular formula is C16H15N3O4. The molecule has 0 fully saturated rings. The molecule has 0 bridgehead atoms. The van der Waals surface area contributed by atoms with Gasteiger partial charge in [0.25, 0.3) is 17.4 Å². The van der Waals surface area contributed by atoms with Gasteiger partial charge in [-0.1, -0.05) is 0 Å². The molecule has 1 aliphatic rings. The number of pyridine rings is 1. The molecule has 23 heavy (non-hydrogen) atoms. The number of fused-ring (bicyclic) bond motifs is 1. The molecule has 1 aliphatic heterocycles.